The Labute approximate surface area is 143 Å². The van der Waals surface area contributed by atoms with E-state index in [4.69, 9.17) is 9.57 Å². The van der Waals surface area contributed by atoms with E-state index in [-0.39, 0.29) is 6.61 Å². The molecule has 0 bridgehead atoms. The number of nitrogens with zero attached hydrogens (tertiary/aromatic N) is 2. The van der Waals surface area contributed by atoms with Crippen LogP contribution in [0.25, 0.3) is 0 Å². The lowest BCUT2D eigenvalue weighted by molar-refractivity contribution is 0.138. The minimum Gasteiger partial charge on any atom is -0.367 e. The molecule has 0 heterocycles. The van der Waals surface area contributed by atoms with Crippen molar-refractivity contribution in [3.8, 4) is 0 Å². The first kappa shape index (κ1) is 17.9. The van der Waals surface area contributed by atoms with Crippen molar-refractivity contribution < 1.29 is 9.57 Å². The van der Waals surface area contributed by atoms with E-state index in [1.165, 1.54) is 5.56 Å². The highest BCUT2D eigenvalue weighted by atomic mass is 16.6. The molecule has 24 heavy (non-hydrogen) atoms. The van der Waals surface area contributed by atoms with Crippen molar-refractivity contribution in [1.29, 1.82) is 0 Å². The Kier molecular flexibility index (Phi) is 7.18. The maximum atomic E-state index is 5.63. The Bertz CT molecular complexity index is 649. The lowest BCUT2D eigenvalue weighted by Crippen LogP contribution is -2.11. The van der Waals surface area contributed by atoms with E-state index in [0.29, 0.717) is 25.0 Å². The van der Waals surface area contributed by atoms with Crippen LogP contribution in [0, 0.1) is 0 Å². The molecule has 0 saturated carbocycles. The molecule has 2 rings (SSSR count). The topological polar surface area (TPSA) is 43.2 Å². The molecular weight excluding hydrogens is 300 g/mol. The fraction of sp³-hybridized carbons (Fsp3) is 0.300. The van der Waals surface area contributed by atoms with Crippen molar-refractivity contribution >= 4 is 12.6 Å². The SMILES string of the molecule is C=NOC(COCc1ccccc1)=NCc1ccc(C(C)C)cc1. The smallest absolute Gasteiger partial charge is 0.246 e. The minimum absolute atomic E-state index is 0.262. The summed E-state index contributed by atoms with van der Waals surface area (Å²) < 4.78 is 5.63. The highest BCUT2D eigenvalue weighted by molar-refractivity contribution is 5.77. The molecular formula is C20H24N2O2. The van der Waals surface area contributed by atoms with Crippen molar-refractivity contribution in [2.24, 2.45) is 10.1 Å². The Hall–Kier alpha value is -2.46. The summed E-state index contributed by atoms with van der Waals surface area (Å²) in [5.74, 6) is 0.951. The van der Waals surface area contributed by atoms with Gasteiger partial charge in [-0.1, -0.05) is 73.6 Å². The van der Waals surface area contributed by atoms with Gasteiger partial charge in [-0.2, -0.15) is 0 Å². The number of aliphatic imine (C=N–C) groups is 1. The van der Waals surface area contributed by atoms with Gasteiger partial charge in [-0.25, -0.2) is 4.99 Å². The number of oxime groups is 1. The summed E-state index contributed by atoms with van der Waals surface area (Å²) in [6, 6.07) is 18.4. The third-order valence-electron chi connectivity index (χ3n) is 3.59. The maximum absolute atomic E-state index is 5.63. The summed E-state index contributed by atoms with van der Waals surface area (Å²) >= 11 is 0. The molecule has 0 fully saturated rings. The summed E-state index contributed by atoms with van der Waals surface area (Å²) in [5, 5.41) is 3.45. The molecule has 0 aliphatic heterocycles. The fourth-order valence-corrected chi connectivity index (χ4v) is 2.19. The second-order valence-corrected chi connectivity index (χ2v) is 5.81. The number of hydrogen-bond donors (Lipinski definition) is 0. The predicted molar refractivity (Wildman–Crippen MR) is 98.4 cm³/mol. The molecule has 0 saturated heterocycles. The molecule has 4 heteroatoms. The van der Waals surface area contributed by atoms with Crippen molar-refractivity contribution in [2.75, 3.05) is 6.61 Å². The quantitative estimate of drug-likeness (QED) is 0.406. The van der Waals surface area contributed by atoms with E-state index in [1.807, 2.05) is 30.3 Å². The van der Waals surface area contributed by atoms with Gasteiger partial charge in [0.15, 0.2) is 0 Å². The Balaban J connectivity index is 1.88. The number of benzene rings is 2. The van der Waals surface area contributed by atoms with Crippen molar-refractivity contribution in [2.45, 2.75) is 32.9 Å². The van der Waals surface area contributed by atoms with Crippen LogP contribution in [0.2, 0.25) is 0 Å². The highest BCUT2D eigenvalue weighted by Gasteiger charge is 2.03. The van der Waals surface area contributed by atoms with E-state index in [2.05, 4.69) is 55.0 Å². The van der Waals surface area contributed by atoms with Gasteiger partial charge in [0.2, 0.25) is 5.90 Å². The van der Waals surface area contributed by atoms with Crippen LogP contribution < -0.4 is 0 Å². The monoisotopic (exact) mass is 324 g/mol. The molecule has 126 valence electrons. The average molecular weight is 324 g/mol. The minimum atomic E-state index is 0.262. The van der Waals surface area contributed by atoms with Gasteiger partial charge < -0.3 is 9.57 Å². The lowest BCUT2D eigenvalue weighted by Gasteiger charge is -2.07. The first-order valence-corrected chi connectivity index (χ1v) is 8.06. The first-order valence-electron chi connectivity index (χ1n) is 8.06. The molecule has 0 N–H and O–H groups in total. The molecule has 0 radical (unpaired) electrons. The summed E-state index contributed by atoms with van der Waals surface area (Å²) in [6.45, 7) is 8.99. The zero-order chi connectivity index (χ0) is 17.2. The molecule has 0 aliphatic rings. The maximum Gasteiger partial charge on any atom is 0.246 e. The number of rotatable bonds is 8. The summed E-state index contributed by atoms with van der Waals surface area (Å²) in [7, 11) is 0. The molecule has 0 spiro atoms. The van der Waals surface area contributed by atoms with Gasteiger partial charge >= 0.3 is 0 Å². The number of hydrogen-bond acceptors (Lipinski definition) is 4. The van der Waals surface area contributed by atoms with Gasteiger partial charge in [0.1, 0.15) is 6.61 Å². The van der Waals surface area contributed by atoms with Crippen LogP contribution >= 0.6 is 0 Å². The Morgan fingerprint density at radius 2 is 1.71 bits per heavy atom. The zero-order valence-electron chi connectivity index (χ0n) is 14.3. The van der Waals surface area contributed by atoms with Crippen LogP contribution in [0.15, 0.2) is 64.7 Å². The van der Waals surface area contributed by atoms with Gasteiger partial charge in [-0.05, 0) is 22.6 Å². The second-order valence-electron chi connectivity index (χ2n) is 5.81. The van der Waals surface area contributed by atoms with Gasteiger partial charge in [-0.3, -0.25) is 0 Å². The third kappa shape index (κ3) is 5.97. The van der Waals surface area contributed by atoms with Gasteiger partial charge in [0.05, 0.1) is 13.2 Å². The molecule has 0 amide bonds. The standard InChI is InChI=1S/C20H24N2O2/c1-16(2)19-11-9-17(10-12-19)13-22-20(24-21-3)15-23-14-18-7-5-4-6-8-18/h4-12,16H,3,13-15H2,1-2H3. The second kappa shape index (κ2) is 9.63. The highest BCUT2D eigenvalue weighted by Crippen LogP contribution is 2.15. The van der Waals surface area contributed by atoms with Crippen LogP contribution in [-0.2, 0) is 22.7 Å². The summed E-state index contributed by atoms with van der Waals surface area (Å²) in [4.78, 5) is 9.53. The Morgan fingerprint density at radius 3 is 2.33 bits per heavy atom. The van der Waals surface area contributed by atoms with Crippen LogP contribution in [0.5, 0.6) is 0 Å². The summed E-state index contributed by atoms with van der Waals surface area (Å²) in [6.07, 6.45) is 0. The predicted octanol–water partition coefficient (Wildman–Crippen LogP) is 4.56. The van der Waals surface area contributed by atoms with Crippen molar-refractivity contribution in [3.63, 3.8) is 0 Å². The molecule has 0 aliphatic carbocycles. The molecule has 2 aromatic rings. The average Bonchev–Trinajstić information content (AvgIpc) is 2.61. The van der Waals surface area contributed by atoms with Crippen LogP contribution in [0.3, 0.4) is 0 Å². The lowest BCUT2D eigenvalue weighted by atomic mass is 10.0. The van der Waals surface area contributed by atoms with E-state index in [1.54, 1.807) is 0 Å². The molecule has 4 nitrogen and oxygen atoms in total. The van der Waals surface area contributed by atoms with E-state index >= 15 is 0 Å². The van der Waals surface area contributed by atoms with Gasteiger partial charge in [0.25, 0.3) is 0 Å². The van der Waals surface area contributed by atoms with Crippen LogP contribution in [0.4, 0.5) is 0 Å². The third-order valence-corrected chi connectivity index (χ3v) is 3.59. The largest absolute Gasteiger partial charge is 0.367 e. The van der Waals surface area contributed by atoms with Crippen molar-refractivity contribution in [3.05, 3.63) is 71.3 Å². The first-order chi connectivity index (χ1) is 11.7. The zero-order valence-corrected chi connectivity index (χ0v) is 14.3. The normalized spacial score (nSPS) is 11.5. The van der Waals surface area contributed by atoms with E-state index in [0.717, 1.165) is 11.1 Å². The molecule has 2 aromatic carbocycles. The summed E-state index contributed by atoms with van der Waals surface area (Å²) in [5.41, 5.74) is 3.54. The van der Waals surface area contributed by atoms with Crippen LogP contribution in [-0.4, -0.2) is 19.2 Å². The Morgan fingerprint density at radius 1 is 1.00 bits per heavy atom. The molecule has 0 aromatic heterocycles. The van der Waals surface area contributed by atoms with E-state index < -0.39 is 0 Å². The molecule has 0 unspecified atom stereocenters. The van der Waals surface area contributed by atoms with Gasteiger partial charge in [0, 0.05) is 6.72 Å². The van der Waals surface area contributed by atoms with E-state index in [9.17, 15) is 0 Å². The number of ether oxygens (including phenoxy) is 1. The van der Waals surface area contributed by atoms with Gasteiger partial charge in [-0.15, -0.1) is 0 Å². The van der Waals surface area contributed by atoms with Crippen molar-refractivity contribution in [1.82, 2.24) is 0 Å². The van der Waals surface area contributed by atoms with Crippen LogP contribution in [0.1, 0.15) is 36.5 Å². The fourth-order valence-electron chi connectivity index (χ4n) is 2.19. The molecule has 0 atom stereocenters.